The minimum absolute atomic E-state index is 0.0521. The van der Waals surface area contributed by atoms with Crippen LogP contribution >= 0.6 is 0 Å². The smallest absolute Gasteiger partial charge is 0.249 e. The van der Waals surface area contributed by atoms with Crippen LogP contribution in [0.1, 0.15) is 5.56 Å². The Morgan fingerprint density at radius 1 is 1.42 bits per heavy atom. The summed E-state index contributed by atoms with van der Waals surface area (Å²) in [5.41, 5.74) is 2.02. The number of aromatic nitrogens is 2. The van der Waals surface area contributed by atoms with Gasteiger partial charge >= 0.3 is 0 Å². The molecule has 0 aliphatic carbocycles. The maximum absolute atomic E-state index is 11.0. The molecule has 0 aromatic carbocycles. The number of fused-ring (bicyclic) bond motifs is 1. The summed E-state index contributed by atoms with van der Waals surface area (Å²) in [6, 6.07) is 3.40. The monoisotopic (exact) mass is 162 g/mol. The molecule has 2 rings (SSSR count). The van der Waals surface area contributed by atoms with Gasteiger partial charge < -0.3 is 9.55 Å². The molecule has 3 heteroatoms. The van der Waals surface area contributed by atoms with Crippen molar-refractivity contribution in [3.05, 3.63) is 34.2 Å². The molecule has 0 bridgehead atoms. The number of aryl methyl sites for hydroxylation is 2. The quantitative estimate of drug-likeness (QED) is 0.620. The van der Waals surface area contributed by atoms with E-state index in [-0.39, 0.29) is 5.56 Å². The molecule has 0 amide bonds. The van der Waals surface area contributed by atoms with Crippen LogP contribution in [0.25, 0.3) is 11.0 Å². The average Bonchev–Trinajstić information content (AvgIpc) is 2.28. The molecule has 3 nitrogen and oxygen atoms in total. The average molecular weight is 162 g/mol. The lowest BCUT2D eigenvalue weighted by molar-refractivity contribution is 0.940. The Hall–Kier alpha value is -1.51. The van der Waals surface area contributed by atoms with Crippen molar-refractivity contribution in [1.82, 2.24) is 9.55 Å². The van der Waals surface area contributed by atoms with E-state index in [0.29, 0.717) is 0 Å². The van der Waals surface area contributed by atoms with Gasteiger partial charge in [-0.3, -0.25) is 4.79 Å². The third-order valence-electron chi connectivity index (χ3n) is 2.06. The number of hydrogen-bond acceptors (Lipinski definition) is 1. The first kappa shape index (κ1) is 7.16. The van der Waals surface area contributed by atoms with Crippen LogP contribution in [0.3, 0.4) is 0 Å². The van der Waals surface area contributed by atoms with E-state index in [4.69, 9.17) is 0 Å². The zero-order valence-electron chi connectivity index (χ0n) is 7.09. The standard InChI is InChI=1S/C9H10N2O/c1-6-5-11(2)9-7(6)3-4-8(12)10-9/h3-5H,1-2H3,(H,10,12). The largest absolute Gasteiger partial charge is 0.337 e. The molecule has 0 aliphatic heterocycles. The second kappa shape index (κ2) is 2.24. The summed E-state index contributed by atoms with van der Waals surface area (Å²) in [7, 11) is 1.92. The van der Waals surface area contributed by atoms with E-state index in [1.54, 1.807) is 6.07 Å². The second-order valence-corrected chi connectivity index (χ2v) is 3.01. The Labute approximate surface area is 69.6 Å². The molecule has 2 aromatic heterocycles. The van der Waals surface area contributed by atoms with Crippen molar-refractivity contribution in [3.63, 3.8) is 0 Å². The number of rotatable bonds is 0. The van der Waals surface area contributed by atoms with Gasteiger partial charge in [-0.05, 0) is 18.6 Å². The number of H-pyrrole nitrogens is 1. The summed E-state index contributed by atoms with van der Waals surface area (Å²) >= 11 is 0. The second-order valence-electron chi connectivity index (χ2n) is 3.01. The van der Waals surface area contributed by atoms with Gasteiger partial charge in [-0.25, -0.2) is 0 Å². The highest BCUT2D eigenvalue weighted by molar-refractivity contribution is 5.79. The zero-order valence-corrected chi connectivity index (χ0v) is 7.09. The van der Waals surface area contributed by atoms with E-state index in [1.165, 1.54) is 5.56 Å². The molecule has 12 heavy (non-hydrogen) atoms. The van der Waals surface area contributed by atoms with Crippen molar-refractivity contribution >= 4 is 11.0 Å². The van der Waals surface area contributed by atoms with Gasteiger partial charge in [0.25, 0.3) is 0 Å². The van der Waals surface area contributed by atoms with Crippen LogP contribution in [0.4, 0.5) is 0 Å². The van der Waals surface area contributed by atoms with Crippen molar-refractivity contribution < 1.29 is 0 Å². The third kappa shape index (κ3) is 0.863. The molecule has 1 N–H and O–H groups in total. The van der Waals surface area contributed by atoms with Gasteiger partial charge in [0.05, 0.1) is 0 Å². The molecule has 62 valence electrons. The number of aromatic amines is 1. The van der Waals surface area contributed by atoms with E-state index >= 15 is 0 Å². The predicted octanol–water partition coefficient (Wildman–Crippen LogP) is 1.18. The van der Waals surface area contributed by atoms with E-state index < -0.39 is 0 Å². The Kier molecular flexibility index (Phi) is 1.33. The molecule has 0 unspecified atom stereocenters. The Balaban J connectivity index is 3.00. The van der Waals surface area contributed by atoms with E-state index in [9.17, 15) is 4.79 Å². The van der Waals surface area contributed by atoms with Crippen LogP contribution in [0.15, 0.2) is 23.1 Å². The number of hydrogen-bond donors (Lipinski definition) is 1. The Morgan fingerprint density at radius 3 is 2.92 bits per heavy atom. The molecular weight excluding hydrogens is 152 g/mol. The topological polar surface area (TPSA) is 37.8 Å². The number of pyridine rings is 1. The van der Waals surface area contributed by atoms with Crippen molar-refractivity contribution in [1.29, 1.82) is 0 Å². The summed E-state index contributed by atoms with van der Waals surface area (Å²) in [5.74, 6) is 0. The van der Waals surface area contributed by atoms with Crippen molar-refractivity contribution in [2.75, 3.05) is 0 Å². The van der Waals surface area contributed by atoms with Crippen LogP contribution in [0.2, 0.25) is 0 Å². The molecule has 2 heterocycles. The van der Waals surface area contributed by atoms with Gasteiger partial charge in [-0.15, -0.1) is 0 Å². The van der Waals surface area contributed by atoms with E-state index in [2.05, 4.69) is 4.98 Å². The fourth-order valence-electron chi connectivity index (χ4n) is 1.48. The molecule has 0 aliphatic rings. The summed E-state index contributed by atoms with van der Waals surface area (Å²) in [6.45, 7) is 2.03. The summed E-state index contributed by atoms with van der Waals surface area (Å²) in [6.07, 6.45) is 2.00. The fraction of sp³-hybridized carbons (Fsp3) is 0.222. The first-order valence-electron chi connectivity index (χ1n) is 3.83. The van der Waals surface area contributed by atoms with Crippen LogP contribution < -0.4 is 5.56 Å². The van der Waals surface area contributed by atoms with Crippen molar-refractivity contribution in [2.45, 2.75) is 6.92 Å². The van der Waals surface area contributed by atoms with Crippen LogP contribution in [-0.4, -0.2) is 9.55 Å². The molecule has 0 saturated carbocycles. The van der Waals surface area contributed by atoms with E-state index in [1.807, 2.05) is 30.8 Å². The maximum Gasteiger partial charge on any atom is 0.249 e. The molecule has 0 fully saturated rings. The number of nitrogens with one attached hydrogen (secondary N) is 1. The maximum atomic E-state index is 11.0. The molecular formula is C9H10N2O. The highest BCUT2D eigenvalue weighted by atomic mass is 16.1. The molecule has 0 spiro atoms. The summed E-state index contributed by atoms with van der Waals surface area (Å²) in [4.78, 5) is 13.8. The minimum atomic E-state index is -0.0521. The van der Waals surface area contributed by atoms with Gasteiger partial charge in [-0.2, -0.15) is 0 Å². The zero-order chi connectivity index (χ0) is 8.72. The predicted molar refractivity (Wildman–Crippen MR) is 48.3 cm³/mol. The number of nitrogens with zero attached hydrogens (tertiary/aromatic N) is 1. The van der Waals surface area contributed by atoms with Gasteiger partial charge in [0, 0.05) is 24.7 Å². The van der Waals surface area contributed by atoms with Gasteiger partial charge in [0.2, 0.25) is 5.56 Å². The molecule has 0 atom stereocenters. The normalized spacial score (nSPS) is 10.8. The van der Waals surface area contributed by atoms with E-state index in [0.717, 1.165) is 11.0 Å². The lowest BCUT2D eigenvalue weighted by atomic mass is 10.2. The lowest BCUT2D eigenvalue weighted by Gasteiger charge is -1.93. The van der Waals surface area contributed by atoms with Crippen LogP contribution in [0, 0.1) is 6.92 Å². The highest BCUT2D eigenvalue weighted by Gasteiger charge is 2.01. The van der Waals surface area contributed by atoms with Crippen molar-refractivity contribution in [2.24, 2.45) is 7.05 Å². The summed E-state index contributed by atoms with van der Waals surface area (Å²) in [5, 5.41) is 1.11. The molecule has 2 aromatic rings. The highest BCUT2D eigenvalue weighted by Crippen LogP contribution is 2.14. The molecule has 0 radical (unpaired) electrons. The first-order chi connectivity index (χ1) is 5.68. The Morgan fingerprint density at radius 2 is 2.17 bits per heavy atom. The first-order valence-corrected chi connectivity index (χ1v) is 3.83. The third-order valence-corrected chi connectivity index (χ3v) is 2.06. The minimum Gasteiger partial charge on any atom is -0.337 e. The van der Waals surface area contributed by atoms with Gasteiger partial charge in [-0.1, -0.05) is 0 Å². The summed E-state index contributed by atoms with van der Waals surface area (Å²) < 4.78 is 1.92. The van der Waals surface area contributed by atoms with Crippen LogP contribution in [-0.2, 0) is 7.05 Å². The SMILES string of the molecule is Cc1cn(C)c2[nH]c(=O)ccc12. The van der Waals surface area contributed by atoms with Crippen LogP contribution in [0.5, 0.6) is 0 Å². The van der Waals surface area contributed by atoms with Gasteiger partial charge in [0.1, 0.15) is 5.65 Å². The fourth-order valence-corrected chi connectivity index (χ4v) is 1.48. The molecule has 0 saturated heterocycles. The van der Waals surface area contributed by atoms with Gasteiger partial charge in [0.15, 0.2) is 0 Å². The Bertz CT molecular complexity index is 479. The van der Waals surface area contributed by atoms with Crippen molar-refractivity contribution in [3.8, 4) is 0 Å². The lowest BCUT2D eigenvalue weighted by Crippen LogP contribution is -2.03.